The highest BCUT2D eigenvalue weighted by Gasteiger charge is 2.59. The van der Waals surface area contributed by atoms with Gasteiger partial charge in [0.1, 0.15) is 23.3 Å². The van der Waals surface area contributed by atoms with Crippen molar-refractivity contribution in [1.82, 2.24) is 19.0 Å². The number of benzene rings is 1. The molecule has 8 nitrogen and oxygen atoms in total. The predicted molar refractivity (Wildman–Crippen MR) is 115 cm³/mol. The largest absolute Gasteiger partial charge is 0.444 e. The molecule has 0 radical (unpaired) electrons. The SMILES string of the molecule is CC(C)(C)OC(=O)N1CCC2(CC1)OC2n1cnc2c(ccn2-c2ccc(F)cc2)c1=O. The Hall–Kier alpha value is -3.20. The van der Waals surface area contributed by atoms with Crippen LogP contribution in [0.15, 0.2) is 47.7 Å². The fraction of sp³-hybridized carbons (Fsp3) is 0.435. The van der Waals surface area contributed by atoms with Crippen molar-refractivity contribution in [3.8, 4) is 5.69 Å². The highest BCUT2D eigenvalue weighted by atomic mass is 19.1. The van der Waals surface area contributed by atoms with Gasteiger partial charge >= 0.3 is 6.09 Å². The lowest BCUT2D eigenvalue weighted by Gasteiger charge is -2.32. The number of carbonyl (C=O) groups excluding carboxylic acids is 1. The third-order valence-corrected chi connectivity index (χ3v) is 5.99. The topological polar surface area (TPSA) is 81.9 Å². The summed E-state index contributed by atoms with van der Waals surface area (Å²) in [6.07, 6.45) is 3.77. The molecule has 1 aromatic carbocycles. The van der Waals surface area contributed by atoms with E-state index in [9.17, 15) is 14.0 Å². The molecule has 2 aromatic heterocycles. The average molecular weight is 440 g/mol. The molecule has 0 aliphatic carbocycles. The minimum atomic E-state index is -0.538. The van der Waals surface area contributed by atoms with E-state index in [2.05, 4.69) is 4.98 Å². The minimum Gasteiger partial charge on any atom is -0.444 e. The zero-order valence-electron chi connectivity index (χ0n) is 18.2. The number of piperidine rings is 1. The first-order chi connectivity index (χ1) is 15.2. The van der Waals surface area contributed by atoms with E-state index in [1.807, 2.05) is 20.8 Å². The second-order valence-electron chi connectivity index (χ2n) is 9.36. The zero-order chi connectivity index (χ0) is 22.7. The lowest BCUT2D eigenvalue weighted by Crippen LogP contribution is -2.44. The van der Waals surface area contributed by atoms with Gasteiger partial charge in [0.25, 0.3) is 5.56 Å². The maximum Gasteiger partial charge on any atom is 0.410 e. The summed E-state index contributed by atoms with van der Waals surface area (Å²) in [6.45, 7) is 6.55. The Labute approximate surface area is 184 Å². The lowest BCUT2D eigenvalue weighted by molar-refractivity contribution is 0.0165. The van der Waals surface area contributed by atoms with E-state index < -0.39 is 17.4 Å². The molecule has 2 fully saturated rings. The number of rotatable bonds is 2. The van der Waals surface area contributed by atoms with Gasteiger partial charge in [-0.3, -0.25) is 9.36 Å². The van der Waals surface area contributed by atoms with Gasteiger partial charge in [-0.15, -0.1) is 0 Å². The number of hydrogen-bond acceptors (Lipinski definition) is 5. The summed E-state index contributed by atoms with van der Waals surface area (Å²) in [6, 6.07) is 7.73. The van der Waals surface area contributed by atoms with Gasteiger partial charge in [0.2, 0.25) is 0 Å². The van der Waals surface area contributed by atoms with Gasteiger partial charge in [-0.05, 0) is 63.9 Å². The Morgan fingerprint density at radius 2 is 1.88 bits per heavy atom. The highest BCUT2D eigenvalue weighted by Crippen LogP contribution is 2.52. The van der Waals surface area contributed by atoms with Crippen LogP contribution in [-0.2, 0) is 9.47 Å². The summed E-state index contributed by atoms with van der Waals surface area (Å²) in [5.41, 5.74) is 0.0418. The molecule has 1 unspecified atom stereocenters. The monoisotopic (exact) mass is 440 g/mol. The predicted octanol–water partition coefficient (Wildman–Crippen LogP) is 3.62. The first kappa shape index (κ1) is 20.7. The normalized spacial score (nSPS) is 20.0. The van der Waals surface area contributed by atoms with Gasteiger partial charge in [-0.1, -0.05) is 0 Å². The fourth-order valence-corrected chi connectivity index (χ4v) is 4.27. The number of fused-ring (bicyclic) bond motifs is 1. The summed E-state index contributed by atoms with van der Waals surface area (Å²) in [5.74, 6) is -0.325. The van der Waals surface area contributed by atoms with Crippen LogP contribution in [0.2, 0.25) is 0 Å². The van der Waals surface area contributed by atoms with Crippen molar-refractivity contribution in [3.63, 3.8) is 0 Å². The second kappa shape index (κ2) is 7.16. The van der Waals surface area contributed by atoms with E-state index in [1.54, 1.807) is 33.9 Å². The van der Waals surface area contributed by atoms with Crippen molar-refractivity contribution < 1.29 is 18.7 Å². The Morgan fingerprint density at radius 3 is 2.53 bits per heavy atom. The van der Waals surface area contributed by atoms with Crippen LogP contribution in [0.1, 0.15) is 39.8 Å². The maximum absolute atomic E-state index is 13.2. The van der Waals surface area contributed by atoms with E-state index >= 15 is 0 Å². The number of carbonyl (C=O) groups is 1. The number of amides is 1. The first-order valence-corrected chi connectivity index (χ1v) is 10.7. The van der Waals surface area contributed by atoms with E-state index in [1.165, 1.54) is 23.0 Å². The van der Waals surface area contributed by atoms with Crippen LogP contribution in [0.3, 0.4) is 0 Å². The summed E-state index contributed by atoms with van der Waals surface area (Å²) in [5, 5.41) is 0.466. The molecule has 1 spiro atoms. The van der Waals surface area contributed by atoms with E-state index in [4.69, 9.17) is 9.47 Å². The van der Waals surface area contributed by atoms with Crippen LogP contribution >= 0.6 is 0 Å². The van der Waals surface area contributed by atoms with Crippen LogP contribution in [0, 0.1) is 5.82 Å². The number of ether oxygens (including phenoxy) is 2. The molecule has 2 aliphatic heterocycles. The lowest BCUT2D eigenvalue weighted by atomic mass is 9.96. The molecule has 5 rings (SSSR count). The molecule has 2 saturated heterocycles. The molecule has 2 aliphatic rings. The van der Waals surface area contributed by atoms with Crippen molar-refractivity contribution >= 4 is 17.1 Å². The van der Waals surface area contributed by atoms with Gasteiger partial charge in [-0.25, -0.2) is 14.2 Å². The molecule has 0 N–H and O–H groups in total. The number of nitrogens with zero attached hydrogens (tertiary/aromatic N) is 4. The van der Waals surface area contributed by atoms with Crippen molar-refractivity contribution in [2.45, 2.75) is 51.0 Å². The molecular weight excluding hydrogens is 415 g/mol. The number of epoxide rings is 1. The molecule has 32 heavy (non-hydrogen) atoms. The van der Waals surface area contributed by atoms with Crippen molar-refractivity contribution in [1.29, 1.82) is 0 Å². The number of hydrogen-bond donors (Lipinski definition) is 0. The summed E-state index contributed by atoms with van der Waals surface area (Å²) < 4.78 is 28.0. The van der Waals surface area contributed by atoms with Gasteiger partial charge in [0.15, 0.2) is 11.9 Å². The van der Waals surface area contributed by atoms with Gasteiger partial charge in [0.05, 0.1) is 5.39 Å². The molecule has 168 valence electrons. The summed E-state index contributed by atoms with van der Waals surface area (Å²) in [4.78, 5) is 31.6. The van der Waals surface area contributed by atoms with Gasteiger partial charge < -0.3 is 18.9 Å². The molecule has 0 bridgehead atoms. The number of likely N-dealkylation sites (tertiary alicyclic amines) is 1. The van der Waals surface area contributed by atoms with E-state index in [0.717, 1.165) is 5.69 Å². The third kappa shape index (κ3) is 3.56. The van der Waals surface area contributed by atoms with Crippen LogP contribution in [-0.4, -0.2) is 49.4 Å². The molecule has 9 heteroatoms. The Bertz CT molecular complexity index is 1230. The van der Waals surface area contributed by atoms with Crippen molar-refractivity contribution in [2.24, 2.45) is 0 Å². The summed E-state index contributed by atoms with van der Waals surface area (Å²) >= 11 is 0. The van der Waals surface area contributed by atoms with Crippen LogP contribution in [0.5, 0.6) is 0 Å². The minimum absolute atomic E-state index is 0.188. The highest BCUT2D eigenvalue weighted by molar-refractivity contribution is 5.77. The average Bonchev–Trinajstić information content (AvgIpc) is 3.23. The Kier molecular flexibility index (Phi) is 4.63. The summed E-state index contributed by atoms with van der Waals surface area (Å²) in [7, 11) is 0. The molecule has 1 amide bonds. The van der Waals surface area contributed by atoms with Crippen molar-refractivity contribution in [3.05, 3.63) is 59.0 Å². The number of halogens is 1. The molecule has 3 aromatic rings. The Balaban J connectivity index is 1.34. The third-order valence-electron chi connectivity index (χ3n) is 5.99. The standard InChI is InChI=1S/C23H25FN4O4/c1-22(2,3)32-21(30)26-12-9-23(10-13-26)20(31-23)28-14-25-18-17(19(28)29)8-11-27(18)16-6-4-15(24)5-7-16/h4-8,11,14,20H,9-10,12-13H2,1-3H3. The second-order valence-corrected chi connectivity index (χ2v) is 9.36. The quantitative estimate of drug-likeness (QED) is 0.569. The van der Waals surface area contributed by atoms with Crippen LogP contribution in [0.4, 0.5) is 9.18 Å². The molecular formula is C23H25FN4O4. The number of aromatic nitrogens is 3. The smallest absolute Gasteiger partial charge is 0.410 e. The van der Waals surface area contributed by atoms with Gasteiger partial charge in [0, 0.05) is 25.0 Å². The van der Waals surface area contributed by atoms with Crippen LogP contribution < -0.4 is 5.56 Å². The fourth-order valence-electron chi connectivity index (χ4n) is 4.27. The Morgan fingerprint density at radius 1 is 1.19 bits per heavy atom. The molecule has 1 atom stereocenters. The zero-order valence-corrected chi connectivity index (χ0v) is 18.2. The molecule has 0 saturated carbocycles. The van der Waals surface area contributed by atoms with Gasteiger partial charge in [-0.2, -0.15) is 0 Å². The first-order valence-electron chi connectivity index (χ1n) is 10.7. The molecule has 4 heterocycles. The van der Waals surface area contributed by atoms with Crippen molar-refractivity contribution in [2.75, 3.05) is 13.1 Å². The van der Waals surface area contributed by atoms with E-state index in [-0.39, 0.29) is 17.5 Å². The maximum atomic E-state index is 13.2. The van der Waals surface area contributed by atoms with Crippen LogP contribution in [0.25, 0.3) is 16.7 Å². The van der Waals surface area contributed by atoms with E-state index in [0.29, 0.717) is 37.0 Å².